The van der Waals surface area contributed by atoms with Crippen molar-refractivity contribution >= 4 is 0 Å². The molecule has 0 aliphatic rings. The van der Waals surface area contributed by atoms with Gasteiger partial charge in [0.05, 0.1) is 13.2 Å². The molecule has 0 aliphatic carbocycles. The van der Waals surface area contributed by atoms with Crippen molar-refractivity contribution in [2.45, 2.75) is 31.3 Å². The number of halogens is 4. The summed E-state index contributed by atoms with van der Waals surface area (Å²) in [5, 5.41) is 26.4. The van der Waals surface area contributed by atoms with Crippen molar-refractivity contribution in [3.05, 3.63) is 0 Å². The van der Waals surface area contributed by atoms with Crippen molar-refractivity contribution < 1.29 is 32.9 Å². The Morgan fingerprint density at radius 3 is 1.40 bits per heavy atom. The number of hydrogen-bond acceptors (Lipinski definition) is 3. The summed E-state index contributed by atoms with van der Waals surface area (Å²) in [6.07, 6.45) is -5.37. The summed E-state index contributed by atoms with van der Waals surface area (Å²) in [5.74, 6) is -1.64. The van der Waals surface area contributed by atoms with Gasteiger partial charge in [-0.25, -0.2) is 4.39 Å². The van der Waals surface area contributed by atoms with E-state index in [1.807, 2.05) is 0 Å². The lowest BCUT2D eigenvalue weighted by atomic mass is 9.76. The molecule has 0 aromatic heterocycles. The van der Waals surface area contributed by atoms with E-state index in [4.69, 9.17) is 10.2 Å². The van der Waals surface area contributed by atoms with Gasteiger partial charge in [-0.2, -0.15) is 13.2 Å². The average Bonchev–Trinajstić information content (AvgIpc) is 2.13. The van der Waals surface area contributed by atoms with Crippen LogP contribution in [0.15, 0.2) is 0 Å². The van der Waals surface area contributed by atoms with Crippen LogP contribution in [0.25, 0.3) is 0 Å². The molecule has 0 aliphatic heterocycles. The minimum Gasteiger partial charge on any atom is -0.393 e. The van der Waals surface area contributed by atoms with Gasteiger partial charge in [-0.15, -0.1) is 0 Å². The quantitative estimate of drug-likeness (QED) is 0.625. The zero-order valence-electron chi connectivity index (χ0n) is 8.35. The van der Waals surface area contributed by atoms with Gasteiger partial charge in [0.1, 0.15) is 0 Å². The van der Waals surface area contributed by atoms with Gasteiger partial charge in [-0.1, -0.05) is 13.8 Å². The van der Waals surface area contributed by atoms with Crippen molar-refractivity contribution in [1.82, 2.24) is 0 Å². The molecule has 3 N–H and O–H groups in total. The number of hydrogen-bond donors (Lipinski definition) is 3. The molecule has 0 saturated heterocycles. The summed E-state index contributed by atoms with van der Waals surface area (Å²) in [5.41, 5.74) is -7.29. The molecule has 0 spiro atoms. The number of alkyl halides is 4. The molecule has 1 atom stereocenters. The second-order valence-corrected chi connectivity index (χ2v) is 3.71. The molecular weight excluding hydrogens is 220 g/mol. The highest BCUT2D eigenvalue weighted by Gasteiger charge is 2.69. The Morgan fingerprint density at radius 2 is 1.33 bits per heavy atom. The maximum atomic E-state index is 13.8. The van der Waals surface area contributed by atoms with Crippen LogP contribution < -0.4 is 0 Å². The molecule has 1 unspecified atom stereocenters. The van der Waals surface area contributed by atoms with E-state index in [0.29, 0.717) is 0 Å². The molecule has 3 nitrogen and oxygen atoms in total. The van der Waals surface area contributed by atoms with E-state index in [1.54, 1.807) is 0 Å². The standard InChI is InChI=1S/C8H14F4O3/c1-5(2)7(9,8(10,11)12)6(15,3-13)4-14/h5,13-15H,3-4H2,1-2H3. The zero-order chi connectivity index (χ0) is 12.5. The highest BCUT2D eigenvalue weighted by atomic mass is 19.4. The number of aliphatic hydroxyl groups excluding tert-OH is 2. The highest BCUT2D eigenvalue weighted by Crippen LogP contribution is 2.46. The minimum absolute atomic E-state index is 0.907. The van der Waals surface area contributed by atoms with E-state index in [9.17, 15) is 22.7 Å². The molecular formula is C8H14F4O3. The summed E-state index contributed by atoms with van der Waals surface area (Å²) in [4.78, 5) is 0. The molecule has 7 heteroatoms. The fourth-order valence-electron chi connectivity index (χ4n) is 1.41. The second-order valence-electron chi connectivity index (χ2n) is 3.71. The van der Waals surface area contributed by atoms with Crippen LogP contribution in [0, 0.1) is 5.92 Å². The molecule has 0 rings (SSSR count). The molecule has 92 valence electrons. The van der Waals surface area contributed by atoms with Gasteiger partial charge >= 0.3 is 6.18 Å². The van der Waals surface area contributed by atoms with E-state index >= 15 is 0 Å². The Bertz CT molecular complexity index is 212. The van der Waals surface area contributed by atoms with Crippen molar-refractivity contribution in [2.75, 3.05) is 13.2 Å². The van der Waals surface area contributed by atoms with E-state index in [1.165, 1.54) is 0 Å². The van der Waals surface area contributed by atoms with Crippen molar-refractivity contribution in [3.8, 4) is 0 Å². The molecule has 0 saturated carbocycles. The lowest BCUT2D eigenvalue weighted by Gasteiger charge is -2.42. The molecule has 0 bridgehead atoms. The van der Waals surface area contributed by atoms with Crippen LogP contribution in [0.4, 0.5) is 17.6 Å². The van der Waals surface area contributed by atoms with Crippen LogP contribution in [0.1, 0.15) is 13.8 Å². The Balaban J connectivity index is 5.48. The van der Waals surface area contributed by atoms with Crippen LogP contribution in [-0.4, -0.2) is 46.0 Å². The van der Waals surface area contributed by atoms with Gasteiger partial charge in [-0.3, -0.25) is 0 Å². The Hall–Kier alpha value is -0.400. The van der Waals surface area contributed by atoms with Crippen LogP contribution in [0.3, 0.4) is 0 Å². The van der Waals surface area contributed by atoms with E-state index < -0.39 is 36.6 Å². The first-order chi connectivity index (χ1) is 6.56. The van der Waals surface area contributed by atoms with E-state index in [0.717, 1.165) is 13.8 Å². The third kappa shape index (κ3) is 2.09. The lowest BCUT2D eigenvalue weighted by Crippen LogP contribution is -2.66. The molecule has 0 amide bonds. The van der Waals surface area contributed by atoms with Gasteiger partial charge in [0.2, 0.25) is 5.67 Å². The maximum Gasteiger partial charge on any atom is 0.425 e. The van der Waals surface area contributed by atoms with Gasteiger partial charge in [0.25, 0.3) is 0 Å². The van der Waals surface area contributed by atoms with E-state index in [-0.39, 0.29) is 0 Å². The third-order valence-electron chi connectivity index (χ3n) is 2.41. The van der Waals surface area contributed by atoms with Gasteiger partial charge in [-0.05, 0) is 5.92 Å². The highest BCUT2D eigenvalue weighted by molar-refractivity contribution is 5.06. The molecule has 0 fully saturated rings. The molecule has 0 heterocycles. The summed E-state index contributed by atoms with van der Waals surface area (Å²) in [7, 11) is 0. The van der Waals surface area contributed by atoms with Crippen LogP contribution in [0.5, 0.6) is 0 Å². The van der Waals surface area contributed by atoms with Crippen molar-refractivity contribution in [2.24, 2.45) is 5.92 Å². The second kappa shape index (κ2) is 4.23. The minimum atomic E-state index is -5.37. The molecule has 0 radical (unpaired) electrons. The largest absolute Gasteiger partial charge is 0.425 e. The Kier molecular flexibility index (Phi) is 4.11. The van der Waals surface area contributed by atoms with Gasteiger partial charge < -0.3 is 15.3 Å². The predicted molar refractivity (Wildman–Crippen MR) is 43.9 cm³/mol. The predicted octanol–water partition coefficient (Wildman–Crippen LogP) is 0.629. The van der Waals surface area contributed by atoms with Crippen LogP contribution >= 0.6 is 0 Å². The Morgan fingerprint density at radius 1 is 1.00 bits per heavy atom. The lowest BCUT2D eigenvalue weighted by molar-refractivity contribution is -0.315. The van der Waals surface area contributed by atoms with Crippen molar-refractivity contribution in [1.29, 1.82) is 0 Å². The Labute approximate surface area is 84.3 Å². The normalized spacial score (nSPS) is 18.0. The zero-order valence-corrected chi connectivity index (χ0v) is 8.35. The third-order valence-corrected chi connectivity index (χ3v) is 2.41. The average molecular weight is 234 g/mol. The summed E-state index contributed by atoms with van der Waals surface area (Å²) in [6, 6.07) is 0. The topological polar surface area (TPSA) is 60.7 Å². The summed E-state index contributed by atoms with van der Waals surface area (Å²) < 4.78 is 51.2. The number of rotatable bonds is 4. The van der Waals surface area contributed by atoms with Gasteiger partial charge in [0, 0.05) is 0 Å². The summed E-state index contributed by atoms with van der Waals surface area (Å²) in [6.45, 7) is -1.22. The fraction of sp³-hybridized carbons (Fsp3) is 1.00. The van der Waals surface area contributed by atoms with Crippen molar-refractivity contribution in [3.63, 3.8) is 0 Å². The molecule has 0 aromatic rings. The SMILES string of the molecule is CC(C)C(F)(C(F)(F)F)C(O)(CO)CO. The van der Waals surface area contributed by atoms with E-state index in [2.05, 4.69) is 0 Å². The first kappa shape index (κ1) is 14.6. The smallest absolute Gasteiger partial charge is 0.393 e. The maximum absolute atomic E-state index is 13.8. The van der Waals surface area contributed by atoms with Crippen LogP contribution in [-0.2, 0) is 0 Å². The summed E-state index contributed by atoms with van der Waals surface area (Å²) >= 11 is 0. The van der Waals surface area contributed by atoms with Crippen LogP contribution in [0.2, 0.25) is 0 Å². The van der Waals surface area contributed by atoms with Gasteiger partial charge in [0.15, 0.2) is 5.60 Å². The first-order valence-electron chi connectivity index (χ1n) is 4.26. The molecule has 0 aromatic carbocycles. The molecule has 15 heavy (non-hydrogen) atoms. The number of aliphatic hydroxyl groups is 3. The first-order valence-corrected chi connectivity index (χ1v) is 4.26. The monoisotopic (exact) mass is 234 g/mol. The fourth-order valence-corrected chi connectivity index (χ4v) is 1.41.